The fourth-order valence-electron chi connectivity index (χ4n) is 3.56. The molecule has 4 rings (SSSR count). The zero-order valence-corrected chi connectivity index (χ0v) is 15.2. The summed E-state index contributed by atoms with van der Waals surface area (Å²) in [5.74, 6) is 0.626. The fourth-order valence-corrected chi connectivity index (χ4v) is 3.56. The third-order valence-electron chi connectivity index (χ3n) is 5.09. The van der Waals surface area contributed by atoms with E-state index in [1.165, 1.54) is 6.20 Å². The van der Waals surface area contributed by atoms with E-state index >= 15 is 0 Å². The number of nitrogens with zero attached hydrogens (tertiary/aromatic N) is 3. The minimum absolute atomic E-state index is 0.0449. The van der Waals surface area contributed by atoms with Crippen molar-refractivity contribution in [2.75, 3.05) is 13.1 Å². The predicted molar refractivity (Wildman–Crippen MR) is 104 cm³/mol. The number of phenols is 1. The number of aromatic nitrogens is 3. The molecule has 1 amide bonds. The smallest absolute Gasteiger partial charge is 0.264 e. The quantitative estimate of drug-likeness (QED) is 0.732. The van der Waals surface area contributed by atoms with Crippen LogP contribution in [0.25, 0.3) is 11.4 Å². The molecule has 1 fully saturated rings. The number of hydrogen-bond acceptors (Lipinski definition) is 5. The number of nitrogens with one attached hydrogen (secondary N) is 1. The summed E-state index contributed by atoms with van der Waals surface area (Å²) in [5, 5.41) is 9.65. The molecule has 7 nitrogen and oxygen atoms in total. The van der Waals surface area contributed by atoms with Crippen LogP contribution in [0.2, 0.25) is 0 Å². The summed E-state index contributed by atoms with van der Waals surface area (Å²) in [6, 6.07) is 10.8. The molecular weight excluding hydrogens is 356 g/mol. The fraction of sp³-hybridized carbons (Fsp3) is 0.238. The second-order valence-corrected chi connectivity index (χ2v) is 6.88. The summed E-state index contributed by atoms with van der Waals surface area (Å²) in [4.78, 5) is 37.8. The van der Waals surface area contributed by atoms with Crippen molar-refractivity contribution < 1.29 is 9.90 Å². The van der Waals surface area contributed by atoms with E-state index in [9.17, 15) is 14.7 Å². The van der Waals surface area contributed by atoms with Gasteiger partial charge in [0.2, 0.25) is 0 Å². The summed E-state index contributed by atoms with van der Waals surface area (Å²) in [6.07, 6.45) is 6.15. The van der Waals surface area contributed by atoms with Crippen LogP contribution in [0.1, 0.15) is 34.7 Å². The minimum atomic E-state index is -0.450. The number of benzene rings is 1. The van der Waals surface area contributed by atoms with Gasteiger partial charge in [0, 0.05) is 37.2 Å². The molecule has 2 N–H and O–H groups in total. The van der Waals surface area contributed by atoms with E-state index in [4.69, 9.17) is 0 Å². The van der Waals surface area contributed by atoms with Gasteiger partial charge in [0.05, 0.1) is 0 Å². The molecule has 1 saturated heterocycles. The van der Waals surface area contributed by atoms with Crippen molar-refractivity contribution >= 4 is 5.91 Å². The van der Waals surface area contributed by atoms with Crippen molar-refractivity contribution in [2.24, 2.45) is 0 Å². The van der Waals surface area contributed by atoms with Crippen molar-refractivity contribution in [1.29, 1.82) is 0 Å². The number of piperidine rings is 1. The number of rotatable bonds is 3. The third-order valence-corrected chi connectivity index (χ3v) is 5.09. The number of hydrogen-bond donors (Lipinski definition) is 2. The van der Waals surface area contributed by atoms with E-state index in [2.05, 4.69) is 15.0 Å². The van der Waals surface area contributed by atoms with Gasteiger partial charge in [0.15, 0.2) is 0 Å². The Morgan fingerprint density at radius 1 is 1.14 bits per heavy atom. The SMILES string of the molecule is O=C(c1cnc(-c2cccnc2)[nH]c1=O)N1CCC(c2cccc(O)c2)CC1. The maximum Gasteiger partial charge on any atom is 0.264 e. The summed E-state index contributed by atoms with van der Waals surface area (Å²) < 4.78 is 0. The number of H-pyrrole nitrogens is 1. The Hall–Kier alpha value is -3.48. The molecule has 2 aromatic heterocycles. The van der Waals surface area contributed by atoms with Crippen LogP contribution in [0.4, 0.5) is 0 Å². The Balaban J connectivity index is 1.46. The number of aromatic amines is 1. The molecule has 0 spiro atoms. The molecule has 3 heterocycles. The lowest BCUT2D eigenvalue weighted by atomic mass is 9.89. The first-order valence-electron chi connectivity index (χ1n) is 9.20. The highest BCUT2D eigenvalue weighted by Gasteiger charge is 2.26. The average molecular weight is 376 g/mol. The monoisotopic (exact) mass is 376 g/mol. The van der Waals surface area contributed by atoms with Crippen LogP contribution in [-0.4, -0.2) is 44.0 Å². The van der Waals surface area contributed by atoms with Gasteiger partial charge in [-0.25, -0.2) is 4.98 Å². The highest BCUT2D eigenvalue weighted by molar-refractivity contribution is 5.93. The average Bonchev–Trinajstić information content (AvgIpc) is 2.74. The van der Waals surface area contributed by atoms with Crippen molar-refractivity contribution in [2.45, 2.75) is 18.8 Å². The predicted octanol–water partition coefficient (Wildman–Crippen LogP) is 2.56. The van der Waals surface area contributed by atoms with Gasteiger partial charge in [-0.15, -0.1) is 0 Å². The van der Waals surface area contributed by atoms with Crippen LogP contribution in [0, 0.1) is 0 Å². The van der Waals surface area contributed by atoms with E-state index in [0.29, 0.717) is 30.4 Å². The zero-order chi connectivity index (χ0) is 19.5. The lowest BCUT2D eigenvalue weighted by molar-refractivity contribution is 0.0710. The summed E-state index contributed by atoms with van der Waals surface area (Å²) in [5.41, 5.74) is 1.36. The first-order chi connectivity index (χ1) is 13.6. The maximum atomic E-state index is 12.8. The summed E-state index contributed by atoms with van der Waals surface area (Å²) in [6.45, 7) is 1.12. The first kappa shape index (κ1) is 17.9. The standard InChI is InChI=1S/C21H20N4O3/c26-17-5-1-3-15(11-17)14-6-9-25(10-7-14)21(28)18-13-23-19(24-20(18)27)16-4-2-8-22-12-16/h1-5,8,11-14,26H,6-7,9-10H2,(H,23,24,27). The van der Waals surface area contributed by atoms with Crippen LogP contribution in [0.15, 0.2) is 59.8 Å². The lowest BCUT2D eigenvalue weighted by Gasteiger charge is -2.32. The Bertz CT molecular complexity index is 1040. The van der Waals surface area contributed by atoms with Crippen LogP contribution in [0.5, 0.6) is 5.75 Å². The van der Waals surface area contributed by atoms with Gasteiger partial charge in [0.25, 0.3) is 11.5 Å². The van der Waals surface area contributed by atoms with Gasteiger partial charge >= 0.3 is 0 Å². The normalized spacial score (nSPS) is 14.8. The van der Waals surface area contributed by atoms with Gasteiger partial charge in [0.1, 0.15) is 17.1 Å². The van der Waals surface area contributed by atoms with Gasteiger partial charge < -0.3 is 15.0 Å². The molecule has 1 aliphatic heterocycles. The second kappa shape index (κ2) is 7.64. The Labute approximate surface area is 161 Å². The Morgan fingerprint density at radius 3 is 2.64 bits per heavy atom. The lowest BCUT2D eigenvalue weighted by Crippen LogP contribution is -2.40. The highest BCUT2D eigenvalue weighted by atomic mass is 16.3. The molecule has 7 heteroatoms. The molecule has 142 valence electrons. The molecule has 0 radical (unpaired) electrons. The minimum Gasteiger partial charge on any atom is -0.508 e. The summed E-state index contributed by atoms with van der Waals surface area (Å²) in [7, 11) is 0. The molecule has 0 atom stereocenters. The zero-order valence-electron chi connectivity index (χ0n) is 15.2. The topological polar surface area (TPSA) is 99.2 Å². The number of carbonyl (C=O) groups excluding carboxylic acids is 1. The van der Waals surface area contributed by atoms with Crippen LogP contribution in [0.3, 0.4) is 0 Å². The van der Waals surface area contributed by atoms with Crippen LogP contribution >= 0.6 is 0 Å². The van der Waals surface area contributed by atoms with E-state index in [1.54, 1.807) is 41.6 Å². The molecule has 0 saturated carbocycles. The first-order valence-corrected chi connectivity index (χ1v) is 9.20. The van der Waals surface area contributed by atoms with E-state index in [0.717, 1.165) is 18.4 Å². The van der Waals surface area contributed by atoms with Crippen molar-refractivity contribution in [3.05, 3.63) is 76.5 Å². The number of aromatic hydroxyl groups is 1. The van der Waals surface area contributed by atoms with E-state index < -0.39 is 5.56 Å². The number of amides is 1. The van der Waals surface area contributed by atoms with Crippen molar-refractivity contribution in [3.63, 3.8) is 0 Å². The molecule has 0 unspecified atom stereocenters. The van der Waals surface area contributed by atoms with Gasteiger partial charge in [-0.2, -0.15) is 0 Å². The molecule has 0 bridgehead atoms. The van der Waals surface area contributed by atoms with Gasteiger partial charge in [-0.05, 0) is 48.6 Å². The number of carbonyl (C=O) groups is 1. The maximum absolute atomic E-state index is 12.8. The van der Waals surface area contributed by atoms with Crippen LogP contribution in [-0.2, 0) is 0 Å². The number of likely N-dealkylation sites (tertiary alicyclic amines) is 1. The molecule has 1 aliphatic rings. The van der Waals surface area contributed by atoms with Crippen molar-refractivity contribution in [3.8, 4) is 17.1 Å². The molecule has 0 aliphatic carbocycles. The van der Waals surface area contributed by atoms with E-state index in [-0.39, 0.29) is 17.2 Å². The molecular formula is C21H20N4O3. The largest absolute Gasteiger partial charge is 0.508 e. The van der Waals surface area contributed by atoms with Gasteiger partial charge in [-0.3, -0.25) is 14.6 Å². The third kappa shape index (κ3) is 3.64. The van der Waals surface area contributed by atoms with Crippen LogP contribution < -0.4 is 5.56 Å². The molecule has 1 aromatic carbocycles. The summed E-state index contributed by atoms with van der Waals surface area (Å²) >= 11 is 0. The van der Waals surface area contributed by atoms with E-state index in [1.807, 2.05) is 12.1 Å². The molecule has 3 aromatic rings. The van der Waals surface area contributed by atoms with Gasteiger partial charge in [-0.1, -0.05) is 12.1 Å². The molecule has 28 heavy (non-hydrogen) atoms. The van der Waals surface area contributed by atoms with Crippen molar-refractivity contribution in [1.82, 2.24) is 19.9 Å². The number of phenolic OH excluding ortho intramolecular Hbond substituents is 1. The highest BCUT2D eigenvalue weighted by Crippen LogP contribution is 2.30. The number of pyridine rings is 1. The Kier molecular flexibility index (Phi) is 4.89. The Morgan fingerprint density at radius 2 is 1.96 bits per heavy atom. The second-order valence-electron chi connectivity index (χ2n) is 6.88.